The molecule has 1 atom stereocenters. The van der Waals surface area contributed by atoms with E-state index >= 15 is 0 Å². The molecule has 0 heterocycles. The highest BCUT2D eigenvalue weighted by Gasteiger charge is 2.39. The van der Waals surface area contributed by atoms with Crippen LogP contribution in [0.25, 0.3) is 0 Å². The number of rotatable bonds is 10. The van der Waals surface area contributed by atoms with Crippen LogP contribution >= 0.6 is 7.60 Å². The van der Waals surface area contributed by atoms with Crippen LogP contribution in [-0.4, -0.2) is 36.6 Å². The van der Waals surface area contributed by atoms with Gasteiger partial charge in [0.05, 0.1) is 9.85 Å². The molecule has 160 valence electrons. The third-order valence-corrected chi connectivity index (χ3v) is 5.81. The number of benzene rings is 2. The quantitative estimate of drug-likeness (QED) is 0.231. The largest absolute Gasteiger partial charge is 0.482 e. The van der Waals surface area contributed by atoms with E-state index in [4.69, 9.17) is 18.5 Å². The molecule has 0 aliphatic carbocycles. The van der Waals surface area contributed by atoms with E-state index in [1.54, 1.807) is 0 Å². The second kappa shape index (κ2) is 9.92. The van der Waals surface area contributed by atoms with Crippen LogP contribution in [0.2, 0.25) is 0 Å². The Labute approximate surface area is 170 Å². The summed E-state index contributed by atoms with van der Waals surface area (Å²) in [7, 11) is -1.87. The van der Waals surface area contributed by atoms with Crippen molar-refractivity contribution in [3.8, 4) is 5.75 Å². The maximum absolute atomic E-state index is 12.8. The van der Waals surface area contributed by atoms with Crippen molar-refractivity contribution in [3.05, 3.63) is 74.3 Å². The minimum Gasteiger partial charge on any atom is -0.482 e. The summed E-state index contributed by atoms with van der Waals surface area (Å²) in [5, 5.41) is 21.7. The zero-order chi connectivity index (χ0) is 22.3. The number of carbonyl (C=O) groups excluding carboxylic acids is 1. The summed E-state index contributed by atoms with van der Waals surface area (Å²) in [4.78, 5) is 32.7. The molecule has 0 aromatic heterocycles. The lowest BCUT2D eigenvalue weighted by Gasteiger charge is -2.24. The lowest BCUT2D eigenvalue weighted by atomic mass is 10.2. The fourth-order valence-corrected chi connectivity index (χ4v) is 3.64. The van der Waals surface area contributed by atoms with E-state index in [0.717, 1.165) is 20.3 Å². The Kier molecular flexibility index (Phi) is 7.59. The average Bonchev–Trinajstić information content (AvgIpc) is 2.75. The number of esters is 1. The predicted octanol–water partition coefficient (Wildman–Crippen LogP) is 3.61. The third kappa shape index (κ3) is 5.60. The number of nitrogens with zero attached hydrogens (tertiary/aromatic N) is 2. The zero-order valence-electron chi connectivity index (χ0n) is 15.8. The summed E-state index contributed by atoms with van der Waals surface area (Å²) < 4.78 is 33.0. The second-order valence-electron chi connectivity index (χ2n) is 5.64. The molecule has 2 aromatic rings. The van der Waals surface area contributed by atoms with Crippen molar-refractivity contribution in [1.82, 2.24) is 0 Å². The molecule has 1 unspecified atom stereocenters. The fraction of sp³-hybridized carbons (Fsp3) is 0.235. The van der Waals surface area contributed by atoms with Gasteiger partial charge in [-0.25, -0.2) is 4.79 Å². The molecule has 0 bridgehead atoms. The van der Waals surface area contributed by atoms with E-state index in [-0.39, 0.29) is 22.7 Å². The molecule has 30 heavy (non-hydrogen) atoms. The minimum absolute atomic E-state index is 0.0277. The van der Waals surface area contributed by atoms with Crippen LogP contribution in [0.5, 0.6) is 5.75 Å². The van der Waals surface area contributed by atoms with Crippen LogP contribution in [0.3, 0.4) is 0 Å². The molecule has 0 aliphatic rings. The molecule has 2 rings (SSSR count). The van der Waals surface area contributed by atoms with E-state index in [0.29, 0.717) is 0 Å². The highest BCUT2D eigenvalue weighted by Crippen LogP contribution is 2.60. The standard InChI is InChI=1S/C17H17N2O10P/c1-26-30(25,27-2)17(12-4-3-5-14(10-12)19(23)24)29-16(20)11-28-15-8-6-13(7-9-15)18(21)22/h3-10,17H,11H2,1-2H3. The van der Waals surface area contributed by atoms with E-state index in [1.807, 2.05) is 0 Å². The molecule has 0 spiro atoms. The van der Waals surface area contributed by atoms with Crippen molar-refractivity contribution in [2.24, 2.45) is 0 Å². The van der Waals surface area contributed by atoms with Gasteiger partial charge in [-0.2, -0.15) is 0 Å². The predicted molar refractivity (Wildman–Crippen MR) is 102 cm³/mol. The molecule has 0 fully saturated rings. The molecule has 12 nitrogen and oxygen atoms in total. The Morgan fingerprint density at radius 1 is 1.00 bits per heavy atom. The van der Waals surface area contributed by atoms with Gasteiger partial charge in [0, 0.05) is 44.0 Å². The molecule has 0 saturated carbocycles. The Balaban J connectivity index is 2.18. The van der Waals surface area contributed by atoms with E-state index in [1.165, 1.54) is 42.5 Å². The molecule has 2 aromatic carbocycles. The van der Waals surface area contributed by atoms with Gasteiger partial charge in [0.25, 0.3) is 11.4 Å². The van der Waals surface area contributed by atoms with E-state index in [2.05, 4.69) is 0 Å². The van der Waals surface area contributed by atoms with Crippen molar-refractivity contribution in [1.29, 1.82) is 0 Å². The first-order valence-corrected chi connectivity index (χ1v) is 9.83. The summed E-state index contributed by atoms with van der Waals surface area (Å²) in [6.45, 7) is -0.628. The van der Waals surface area contributed by atoms with Gasteiger partial charge in [-0.3, -0.25) is 24.8 Å². The highest BCUT2D eigenvalue weighted by atomic mass is 31.2. The maximum atomic E-state index is 12.8. The topological polar surface area (TPSA) is 157 Å². The Morgan fingerprint density at radius 3 is 2.13 bits per heavy atom. The van der Waals surface area contributed by atoms with Crippen LogP contribution in [0.1, 0.15) is 11.4 Å². The number of ether oxygens (including phenoxy) is 2. The zero-order valence-corrected chi connectivity index (χ0v) is 16.7. The Bertz CT molecular complexity index is 971. The van der Waals surface area contributed by atoms with Crippen molar-refractivity contribution in [2.45, 2.75) is 5.85 Å². The molecule has 0 aliphatic heterocycles. The average molecular weight is 440 g/mol. The lowest BCUT2D eigenvalue weighted by molar-refractivity contribution is -0.385. The molecular formula is C17H17N2O10P. The van der Waals surface area contributed by atoms with Gasteiger partial charge in [0.2, 0.25) is 5.85 Å². The third-order valence-electron chi connectivity index (χ3n) is 3.81. The first kappa shape index (κ1) is 22.9. The normalized spacial score (nSPS) is 12.1. The van der Waals surface area contributed by atoms with Crippen molar-refractivity contribution >= 4 is 24.9 Å². The monoisotopic (exact) mass is 440 g/mol. The smallest absolute Gasteiger partial charge is 0.375 e. The van der Waals surface area contributed by atoms with Crippen molar-refractivity contribution in [2.75, 3.05) is 20.8 Å². The van der Waals surface area contributed by atoms with Crippen LogP contribution in [0, 0.1) is 20.2 Å². The Morgan fingerprint density at radius 2 is 1.60 bits per heavy atom. The van der Waals surface area contributed by atoms with Crippen LogP contribution in [-0.2, 0) is 23.1 Å². The van der Waals surface area contributed by atoms with Gasteiger partial charge < -0.3 is 18.5 Å². The first-order valence-electron chi connectivity index (χ1n) is 8.22. The van der Waals surface area contributed by atoms with Gasteiger partial charge in [-0.15, -0.1) is 0 Å². The molecule has 0 radical (unpaired) electrons. The van der Waals surface area contributed by atoms with Crippen molar-refractivity contribution in [3.63, 3.8) is 0 Å². The summed E-state index contributed by atoms with van der Waals surface area (Å²) >= 11 is 0. The summed E-state index contributed by atoms with van der Waals surface area (Å²) in [6.07, 6.45) is 0. The van der Waals surface area contributed by atoms with E-state index < -0.39 is 35.9 Å². The molecule has 0 amide bonds. The number of hydrogen-bond donors (Lipinski definition) is 0. The van der Waals surface area contributed by atoms with E-state index in [9.17, 15) is 29.6 Å². The maximum Gasteiger partial charge on any atom is 0.375 e. The minimum atomic E-state index is -4.03. The molecule has 13 heteroatoms. The number of non-ortho nitro benzene ring substituents is 2. The van der Waals surface area contributed by atoms with Crippen LogP contribution < -0.4 is 4.74 Å². The fourth-order valence-electron chi connectivity index (χ4n) is 2.34. The lowest BCUT2D eigenvalue weighted by Crippen LogP contribution is -2.19. The second-order valence-corrected chi connectivity index (χ2v) is 7.92. The van der Waals surface area contributed by atoms with Crippen LogP contribution in [0.4, 0.5) is 11.4 Å². The van der Waals surface area contributed by atoms with Gasteiger partial charge >= 0.3 is 13.6 Å². The Hall–Kier alpha value is -3.34. The number of hydrogen-bond acceptors (Lipinski definition) is 10. The molecule has 0 saturated heterocycles. The SMILES string of the molecule is COP(=O)(OC)C(OC(=O)COc1ccc([N+](=O)[O-])cc1)c1cccc([N+](=O)[O-])c1. The summed E-state index contributed by atoms with van der Waals surface area (Å²) in [5.41, 5.74) is -0.439. The molecular weight excluding hydrogens is 423 g/mol. The number of nitro groups is 2. The van der Waals surface area contributed by atoms with Gasteiger partial charge in [0.1, 0.15) is 5.75 Å². The summed E-state index contributed by atoms with van der Waals surface area (Å²) in [6, 6.07) is 9.96. The molecule has 0 N–H and O–H groups in total. The highest BCUT2D eigenvalue weighted by molar-refractivity contribution is 7.54. The first-order chi connectivity index (χ1) is 14.2. The number of nitro benzene ring substituents is 2. The van der Waals surface area contributed by atoms with Gasteiger partial charge in [-0.05, 0) is 12.1 Å². The summed E-state index contributed by atoms with van der Waals surface area (Å²) in [5.74, 6) is -2.40. The van der Waals surface area contributed by atoms with Crippen molar-refractivity contribution < 1.29 is 37.7 Å². The van der Waals surface area contributed by atoms with Gasteiger partial charge in [0.15, 0.2) is 6.61 Å². The van der Waals surface area contributed by atoms with Crippen LogP contribution in [0.15, 0.2) is 48.5 Å². The number of carbonyl (C=O) groups is 1. The van der Waals surface area contributed by atoms with Gasteiger partial charge in [-0.1, -0.05) is 12.1 Å².